The van der Waals surface area contributed by atoms with Crippen molar-refractivity contribution in [2.75, 3.05) is 5.43 Å². The normalized spacial score (nSPS) is 10.5. The topological polar surface area (TPSA) is 137 Å². The van der Waals surface area contributed by atoms with E-state index in [-0.39, 0.29) is 5.69 Å². The Balaban J connectivity index is 1.65. The summed E-state index contributed by atoms with van der Waals surface area (Å²) in [5.41, 5.74) is 2.71. The van der Waals surface area contributed by atoms with Crippen LogP contribution in [0, 0.1) is 20.2 Å². The number of non-ortho nitro benzene ring substituents is 1. The van der Waals surface area contributed by atoms with Gasteiger partial charge in [0.2, 0.25) is 0 Å². The minimum absolute atomic E-state index is 0.00950. The van der Waals surface area contributed by atoms with Gasteiger partial charge in [-0.25, -0.2) is 4.79 Å². The van der Waals surface area contributed by atoms with E-state index in [1.807, 2.05) is 0 Å². The summed E-state index contributed by atoms with van der Waals surface area (Å²) in [6, 6.07) is 18.2. The van der Waals surface area contributed by atoms with Crippen LogP contribution in [0.2, 0.25) is 0 Å². The highest BCUT2D eigenvalue weighted by molar-refractivity contribution is 5.91. The van der Waals surface area contributed by atoms with Gasteiger partial charge in [-0.05, 0) is 48.0 Å². The number of nitrogens with zero attached hydrogens (tertiary/aromatic N) is 3. The van der Waals surface area contributed by atoms with Crippen molar-refractivity contribution in [3.63, 3.8) is 0 Å². The number of nitro groups is 2. The second kappa shape index (κ2) is 9.06. The minimum atomic E-state index is -0.735. The van der Waals surface area contributed by atoms with E-state index in [1.165, 1.54) is 12.3 Å². The Morgan fingerprint density at radius 2 is 1.63 bits per heavy atom. The summed E-state index contributed by atoms with van der Waals surface area (Å²) in [6.45, 7) is 0. The van der Waals surface area contributed by atoms with Crippen LogP contribution in [0.1, 0.15) is 15.9 Å². The molecule has 0 aliphatic rings. The van der Waals surface area contributed by atoms with Gasteiger partial charge in [-0.15, -0.1) is 0 Å². The van der Waals surface area contributed by atoms with Crippen molar-refractivity contribution in [3.8, 4) is 5.75 Å². The summed E-state index contributed by atoms with van der Waals surface area (Å²) in [4.78, 5) is 32.4. The Morgan fingerprint density at radius 1 is 0.933 bits per heavy atom. The second-order valence-corrected chi connectivity index (χ2v) is 5.91. The highest BCUT2D eigenvalue weighted by Crippen LogP contribution is 2.28. The van der Waals surface area contributed by atoms with Gasteiger partial charge in [0.05, 0.1) is 27.7 Å². The first-order valence-electron chi connectivity index (χ1n) is 8.53. The number of nitro benzene ring substituents is 2. The van der Waals surface area contributed by atoms with Crippen LogP contribution in [0.25, 0.3) is 0 Å². The third-order valence-corrected chi connectivity index (χ3v) is 3.89. The molecule has 0 atom stereocenters. The van der Waals surface area contributed by atoms with Crippen LogP contribution in [-0.2, 0) is 0 Å². The first-order chi connectivity index (χ1) is 14.4. The summed E-state index contributed by atoms with van der Waals surface area (Å²) < 4.78 is 5.27. The maximum absolute atomic E-state index is 12.0. The SMILES string of the molecule is O=C(Oc1ccc(C=NNc2ccc([N+](=O)[O-])cc2[N+](=O)[O-])cc1)c1ccccc1. The number of hydrogen-bond acceptors (Lipinski definition) is 8. The first kappa shape index (κ1) is 20.1. The second-order valence-electron chi connectivity index (χ2n) is 5.91. The van der Waals surface area contributed by atoms with E-state index in [0.717, 1.165) is 12.1 Å². The van der Waals surface area contributed by atoms with E-state index in [9.17, 15) is 25.0 Å². The first-order valence-corrected chi connectivity index (χ1v) is 8.53. The average molecular weight is 406 g/mol. The number of benzene rings is 3. The van der Waals surface area contributed by atoms with Crippen LogP contribution in [-0.4, -0.2) is 22.0 Å². The lowest BCUT2D eigenvalue weighted by Gasteiger charge is -2.04. The molecule has 30 heavy (non-hydrogen) atoms. The molecule has 0 aliphatic carbocycles. The van der Waals surface area contributed by atoms with Crippen molar-refractivity contribution >= 4 is 29.2 Å². The van der Waals surface area contributed by atoms with Crippen molar-refractivity contribution in [2.45, 2.75) is 0 Å². The smallest absolute Gasteiger partial charge is 0.343 e. The molecule has 0 amide bonds. The van der Waals surface area contributed by atoms with Gasteiger partial charge in [0.15, 0.2) is 0 Å². The molecule has 0 aromatic heterocycles. The van der Waals surface area contributed by atoms with Crippen molar-refractivity contribution < 1.29 is 19.4 Å². The molecule has 3 aromatic carbocycles. The standard InChI is InChI=1S/C20H14N4O6/c25-20(15-4-2-1-3-5-15)30-17-9-6-14(7-10-17)13-21-22-18-11-8-16(23(26)27)12-19(18)24(28)29/h1-13,22H. The Hall–Kier alpha value is -4.60. The van der Waals surface area contributed by atoms with E-state index < -0.39 is 27.2 Å². The van der Waals surface area contributed by atoms with Gasteiger partial charge in [0, 0.05) is 6.07 Å². The molecule has 0 radical (unpaired) electrons. The zero-order chi connectivity index (χ0) is 21.5. The lowest BCUT2D eigenvalue weighted by atomic mass is 10.2. The number of ether oxygens (including phenoxy) is 1. The number of carbonyl (C=O) groups excluding carboxylic acids is 1. The van der Waals surface area contributed by atoms with Gasteiger partial charge in [0.1, 0.15) is 11.4 Å². The summed E-state index contributed by atoms with van der Waals surface area (Å²) in [5, 5.41) is 25.8. The molecule has 10 nitrogen and oxygen atoms in total. The number of anilines is 1. The predicted molar refractivity (Wildman–Crippen MR) is 109 cm³/mol. The molecule has 10 heteroatoms. The Kier molecular flexibility index (Phi) is 6.08. The zero-order valence-corrected chi connectivity index (χ0v) is 15.3. The van der Waals surface area contributed by atoms with Gasteiger partial charge in [-0.2, -0.15) is 5.10 Å². The molecule has 0 heterocycles. The fourth-order valence-corrected chi connectivity index (χ4v) is 2.42. The maximum Gasteiger partial charge on any atom is 0.343 e. The van der Waals surface area contributed by atoms with Gasteiger partial charge in [-0.3, -0.25) is 25.7 Å². The van der Waals surface area contributed by atoms with E-state index in [1.54, 1.807) is 54.6 Å². The number of hydrogen-bond donors (Lipinski definition) is 1. The zero-order valence-electron chi connectivity index (χ0n) is 15.3. The number of hydrazone groups is 1. The van der Waals surface area contributed by atoms with E-state index in [0.29, 0.717) is 16.9 Å². The summed E-state index contributed by atoms with van der Waals surface area (Å²) >= 11 is 0. The molecular weight excluding hydrogens is 392 g/mol. The molecule has 0 unspecified atom stereocenters. The van der Waals surface area contributed by atoms with Crippen LogP contribution >= 0.6 is 0 Å². The fourth-order valence-electron chi connectivity index (χ4n) is 2.42. The quantitative estimate of drug-likeness (QED) is 0.204. The fraction of sp³-hybridized carbons (Fsp3) is 0. The molecule has 0 fully saturated rings. The Bertz CT molecular complexity index is 1110. The molecule has 0 aliphatic heterocycles. The van der Waals surface area contributed by atoms with Crippen LogP contribution in [0.3, 0.4) is 0 Å². The average Bonchev–Trinajstić information content (AvgIpc) is 2.75. The predicted octanol–water partition coefficient (Wildman–Crippen LogP) is 4.17. The molecule has 0 saturated heterocycles. The van der Waals surface area contributed by atoms with Crippen LogP contribution < -0.4 is 10.2 Å². The molecule has 1 N–H and O–H groups in total. The van der Waals surface area contributed by atoms with Crippen molar-refractivity contribution in [3.05, 3.63) is 104 Å². The lowest BCUT2D eigenvalue weighted by Crippen LogP contribution is -2.08. The van der Waals surface area contributed by atoms with Crippen molar-refractivity contribution in [1.82, 2.24) is 0 Å². The third-order valence-electron chi connectivity index (χ3n) is 3.89. The molecule has 3 rings (SSSR count). The number of rotatable bonds is 7. The number of carbonyl (C=O) groups is 1. The Morgan fingerprint density at radius 3 is 2.27 bits per heavy atom. The monoisotopic (exact) mass is 406 g/mol. The molecule has 150 valence electrons. The van der Waals surface area contributed by atoms with Gasteiger partial charge in [0.25, 0.3) is 5.69 Å². The van der Waals surface area contributed by atoms with E-state index >= 15 is 0 Å². The third kappa shape index (κ3) is 5.01. The number of esters is 1. The van der Waals surface area contributed by atoms with Crippen LogP contribution in [0.15, 0.2) is 77.9 Å². The van der Waals surface area contributed by atoms with Crippen LogP contribution in [0.4, 0.5) is 17.1 Å². The largest absolute Gasteiger partial charge is 0.423 e. The van der Waals surface area contributed by atoms with Gasteiger partial charge < -0.3 is 4.74 Å². The van der Waals surface area contributed by atoms with Crippen LogP contribution in [0.5, 0.6) is 5.75 Å². The Labute approximate surface area is 169 Å². The van der Waals surface area contributed by atoms with E-state index in [4.69, 9.17) is 4.74 Å². The maximum atomic E-state index is 12.0. The molecular formula is C20H14N4O6. The minimum Gasteiger partial charge on any atom is -0.423 e. The molecule has 0 spiro atoms. The highest BCUT2D eigenvalue weighted by Gasteiger charge is 2.19. The summed E-state index contributed by atoms with van der Waals surface area (Å²) in [5.74, 6) is -0.135. The molecule has 0 saturated carbocycles. The number of nitrogens with one attached hydrogen (secondary N) is 1. The highest BCUT2D eigenvalue weighted by atomic mass is 16.6. The summed E-state index contributed by atoms with van der Waals surface area (Å²) in [6.07, 6.45) is 1.40. The van der Waals surface area contributed by atoms with E-state index in [2.05, 4.69) is 10.5 Å². The molecule has 0 bridgehead atoms. The molecule has 3 aromatic rings. The lowest BCUT2D eigenvalue weighted by molar-refractivity contribution is -0.393. The van der Waals surface area contributed by atoms with Gasteiger partial charge >= 0.3 is 11.7 Å². The van der Waals surface area contributed by atoms with Gasteiger partial charge in [-0.1, -0.05) is 18.2 Å². The summed E-state index contributed by atoms with van der Waals surface area (Å²) in [7, 11) is 0. The van der Waals surface area contributed by atoms with Crippen molar-refractivity contribution in [1.29, 1.82) is 0 Å². The van der Waals surface area contributed by atoms with Crippen molar-refractivity contribution in [2.24, 2.45) is 5.10 Å².